The molecule has 0 aliphatic carbocycles. The second-order valence-corrected chi connectivity index (χ2v) is 5.48. The summed E-state index contributed by atoms with van der Waals surface area (Å²) in [6, 6.07) is 13.2. The normalized spacial score (nSPS) is 11.0. The number of carboxylic acid groups (broad SMARTS) is 1. The second-order valence-electron chi connectivity index (χ2n) is 5.48. The third-order valence-electron chi connectivity index (χ3n) is 3.54. The number of hydrogen-bond donors (Lipinski definition) is 5. The van der Waals surface area contributed by atoms with E-state index in [-0.39, 0.29) is 18.1 Å². The molecule has 142 valence electrons. The number of amidine groups is 1. The maximum absolute atomic E-state index is 12.0. The fourth-order valence-corrected chi connectivity index (χ4v) is 2.24. The maximum Gasteiger partial charge on any atom is 0.335 e. The van der Waals surface area contributed by atoms with Gasteiger partial charge in [0.15, 0.2) is 6.61 Å². The Balaban J connectivity index is 1.86. The Bertz CT molecular complexity index is 821. The molecule has 0 radical (unpaired) electrons. The van der Waals surface area contributed by atoms with E-state index in [0.717, 1.165) is 5.56 Å². The molecule has 0 bridgehead atoms. The molecule has 1 amide bonds. The topological polar surface area (TPSA) is 138 Å². The number of rotatable bonds is 8. The number of nitrogens with zero attached hydrogens (tertiary/aromatic N) is 1. The molecule has 0 atom stereocenters. The van der Waals surface area contributed by atoms with Crippen molar-refractivity contribution >= 4 is 23.4 Å². The highest BCUT2D eigenvalue weighted by atomic mass is 16.5. The summed E-state index contributed by atoms with van der Waals surface area (Å²) in [4.78, 5) is 27.0. The van der Waals surface area contributed by atoms with Crippen LogP contribution in [-0.2, 0) is 11.2 Å². The maximum atomic E-state index is 12.0. The molecule has 0 aliphatic rings. The number of nitrogens with two attached hydrogens (primary N) is 1. The molecule has 0 unspecified atom stereocenters. The van der Waals surface area contributed by atoms with Crippen LogP contribution in [0.15, 0.2) is 53.5 Å². The first kappa shape index (κ1) is 19.9. The minimum atomic E-state index is -1.06. The second kappa shape index (κ2) is 9.90. The third-order valence-corrected chi connectivity index (χ3v) is 3.54. The van der Waals surface area contributed by atoms with E-state index in [1.807, 2.05) is 12.1 Å². The fraction of sp³-hybridized carbons (Fsp3) is 0.167. The number of carboxylic acids is 1. The van der Waals surface area contributed by atoms with E-state index in [9.17, 15) is 9.59 Å². The summed E-state index contributed by atoms with van der Waals surface area (Å²) in [6.45, 7) is -0.197. The molecular weight excluding hydrogens is 350 g/mol. The van der Waals surface area contributed by atoms with E-state index >= 15 is 0 Å². The van der Waals surface area contributed by atoms with Gasteiger partial charge in [-0.05, 0) is 35.9 Å². The summed E-state index contributed by atoms with van der Waals surface area (Å²) in [5.74, 6) is 4.96. The Labute approximate surface area is 156 Å². The summed E-state index contributed by atoms with van der Waals surface area (Å²) in [7, 11) is 1.65. The molecule has 2 rings (SSSR count). The number of aliphatic imine (C=N–C) groups is 1. The van der Waals surface area contributed by atoms with Gasteiger partial charge in [-0.3, -0.25) is 21.1 Å². The van der Waals surface area contributed by atoms with E-state index in [1.165, 1.54) is 12.1 Å². The van der Waals surface area contributed by atoms with Gasteiger partial charge >= 0.3 is 5.97 Å². The van der Waals surface area contributed by atoms with Crippen LogP contribution in [0.4, 0.5) is 5.69 Å². The Morgan fingerprint density at radius 3 is 2.56 bits per heavy atom. The average molecular weight is 371 g/mol. The van der Waals surface area contributed by atoms with E-state index in [4.69, 9.17) is 15.7 Å². The van der Waals surface area contributed by atoms with E-state index < -0.39 is 5.97 Å². The van der Waals surface area contributed by atoms with Crippen LogP contribution in [0, 0.1) is 0 Å². The monoisotopic (exact) mass is 371 g/mol. The lowest BCUT2D eigenvalue weighted by atomic mass is 10.1. The fourth-order valence-electron chi connectivity index (χ4n) is 2.24. The Hall–Kier alpha value is -3.43. The molecule has 0 saturated heterocycles. The molecule has 0 saturated carbocycles. The smallest absolute Gasteiger partial charge is 0.335 e. The largest absolute Gasteiger partial charge is 0.484 e. The number of hydrogen-bond acceptors (Lipinski definition) is 6. The minimum absolute atomic E-state index is 0.0959. The first-order chi connectivity index (χ1) is 13.0. The van der Waals surface area contributed by atoms with Crippen LogP contribution in [0.2, 0.25) is 0 Å². The molecule has 0 fully saturated rings. The van der Waals surface area contributed by atoms with Crippen LogP contribution < -0.4 is 26.9 Å². The first-order valence-corrected chi connectivity index (χ1v) is 8.04. The number of aromatic carboxylic acids is 1. The molecule has 0 spiro atoms. The summed E-state index contributed by atoms with van der Waals surface area (Å²) in [5, 5.41) is 11.6. The van der Waals surface area contributed by atoms with Crippen molar-refractivity contribution in [1.29, 1.82) is 0 Å². The van der Waals surface area contributed by atoms with Gasteiger partial charge in [-0.15, -0.1) is 0 Å². The van der Waals surface area contributed by atoms with Gasteiger partial charge in [-0.2, -0.15) is 5.53 Å². The zero-order chi connectivity index (χ0) is 19.6. The zero-order valence-electron chi connectivity index (χ0n) is 14.7. The number of anilines is 1. The lowest BCUT2D eigenvalue weighted by Crippen LogP contribution is -2.43. The van der Waals surface area contributed by atoms with Crippen LogP contribution >= 0.6 is 0 Å². The first-order valence-electron chi connectivity index (χ1n) is 8.04. The van der Waals surface area contributed by atoms with Gasteiger partial charge in [0, 0.05) is 19.2 Å². The number of nitrogens with one attached hydrogen (secondary N) is 3. The number of ether oxygens (including phenoxy) is 1. The number of hydrazine groups is 2. The van der Waals surface area contributed by atoms with Crippen molar-refractivity contribution < 1.29 is 19.4 Å². The van der Waals surface area contributed by atoms with Crippen molar-refractivity contribution in [2.75, 3.05) is 19.0 Å². The quantitative estimate of drug-likeness (QED) is 0.201. The van der Waals surface area contributed by atoms with Gasteiger partial charge in [-0.25, -0.2) is 4.79 Å². The van der Waals surface area contributed by atoms with Crippen LogP contribution in [0.3, 0.4) is 0 Å². The van der Waals surface area contributed by atoms with Crippen molar-refractivity contribution in [3.8, 4) is 5.75 Å². The Morgan fingerprint density at radius 1 is 1.19 bits per heavy atom. The lowest BCUT2D eigenvalue weighted by Gasteiger charge is -2.10. The molecule has 6 N–H and O–H groups in total. The van der Waals surface area contributed by atoms with Crippen molar-refractivity contribution in [3.63, 3.8) is 0 Å². The molecule has 9 heteroatoms. The lowest BCUT2D eigenvalue weighted by molar-refractivity contribution is -0.118. The van der Waals surface area contributed by atoms with E-state index in [0.29, 0.717) is 23.7 Å². The van der Waals surface area contributed by atoms with Gasteiger partial charge in [0.05, 0.1) is 5.56 Å². The van der Waals surface area contributed by atoms with E-state index in [2.05, 4.69) is 21.3 Å². The van der Waals surface area contributed by atoms with Crippen LogP contribution in [0.5, 0.6) is 5.75 Å². The molecule has 27 heavy (non-hydrogen) atoms. The molecule has 0 aliphatic heterocycles. The average Bonchev–Trinajstić information content (AvgIpc) is 2.67. The third kappa shape index (κ3) is 6.42. The van der Waals surface area contributed by atoms with Gasteiger partial charge < -0.3 is 15.2 Å². The highest BCUT2D eigenvalue weighted by Gasteiger charge is 2.07. The Morgan fingerprint density at radius 2 is 1.93 bits per heavy atom. The number of amides is 1. The molecular formula is C18H21N5O4. The number of carbonyl (C=O) groups is 2. The molecule has 0 heterocycles. The summed E-state index contributed by atoms with van der Waals surface area (Å²) in [5.41, 5.74) is 6.53. The van der Waals surface area contributed by atoms with Crippen molar-refractivity contribution in [2.45, 2.75) is 6.42 Å². The summed E-state index contributed by atoms with van der Waals surface area (Å²) >= 11 is 0. The molecule has 2 aromatic rings. The summed E-state index contributed by atoms with van der Waals surface area (Å²) < 4.78 is 5.44. The van der Waals surface area contributed by atoms with Crippen LogP contribution in [-0.4, -0.2) is 36.5 Å². The predicted molar refractivity (Wildman–Crippen MR) is 101 cm³/mol. The molecule has 2 aromatic carbocycles. The number of carbonyl (C=O) groups excluding carboxylic acids is 1. The highest BCUT2D eigenvalue weighted by molar-refractivity contribution is 5.94. The van der Waals surface area contributed by atoms with Crippen LogP contribution in [0.1, 0.15) is 15.9 Å². The van der Waals surface area contributed by atoms with Gasteiger partial charge in [0.2, 0.25) is 0 Å². The minimum Gasteiger partial charge on any atom is -0.484 e. The van der Waals surface area contributed by atoms with Gasteiger partial charge in [0.25, 0.3) is 5.91 Å². The summed E-state index contributed by atoms with van der Waals surface area (Å²) in [6.07, 6.45) is 0.557. The van der Waals surface area contributed by atoms with Crippen molar-refractivity contribution in [2.24, 2.45) is 10.8 Å². The molecule has 0 aromatic heterocycles. The highest BCUT2D eigenvalue weighted by Crippen LogP contribution is 2.14. The SMILES string of the molecule is CN=C(Cc1ccc(OCC(=O)Nc2cccc(C(=O)O)c2)cc1)NNN. The van der Waals surface area contributed by atoms with Crippen molar-refractivity contribution in [1.82, 2.24) is 11.0 Å². The predicted octanol–water partition coefficient (Wildman–Crippen LogP) is 0.941. The van der Waals surface area contributed by atoms with Crippen LogP contribution in [0.25, 0.3) is 0 Å². The standard InChI is InChI=1S/C18H21N5O4/c1-20-16(22-23-19)9-12-5-7-15(8-6-12)27-11-17(24)21-14-4-2-3-13(10-14)18(25)26/h2-8,10,23H,9,11,19H2,1H3,(H,20,22)(H,21,24)(H,25,26). The van der Waals surface area contributed by atoms with E-state index in [1.54, 1.807) is 31.3 Å². The molecule has 9 nitrogen and oxygen atoms in total. The van der Waals surface area contributed by atoms with Crippen molar-refractivity contribution in [3.05, 3.63) is 59.7 Å². The zero-order valence-corrected chi connectivity index (χ0v) is 14.7. The number of benzene rings is 2. The van der Waals surface area contributed by atoms with Gasteiger partial charge in [-0.1, -0.05) is 18.2 Å². The van der Waals surface area contributed by atoms with Gasteiger partial charge in [0.1, 0.15) is 11.6 Å². The Kier molecular flexibility index (Phi) is 7.29.